The van der Waals surface area contributed by atoms with Gasteiger partial charge in [0.1, 0.15) is 6.04 Å². The number of benzene rings is 1. The standard InChI is InChI=1S/C16H18N2O2S/c1-3-12-15(19)17-8-9-18(12)16(20)14-10(2)11-6-4-5-7-13(11)21-14/h4-7,12H,3,8-9H2,1-2H3,(H,17,19). The Balaban J connectivity index is 1.99. The van der Waals surface area contributed by atoms with Crippen LogP contribution in [0.3, 0.4) is 0 Å². The molecule has 110 valence electrons. The highest BCUT2D eigenvalue weighted by Gasteiger charge is 2.33. The first-order chi connectivity index (χ1) is 10.1. The first-order valence-electron chi connectivity index (χ1n) is 7.20. The maximum Gasteiger partial charge on any atom is 0.264 e. The van der Waals surface area contributed by atoms with Gasteiger partial charge in [-0.25, -0.2) is 0 Å². The molecule has 1 fully saturated rings. The van der Waals surface area contributed by atoms with E-state index in [1.54, 1.807) is 4.90 Å². The smallest absolute Gasteiger partial charge is 0.264 e. The van der Waals surface area contributed by atoms with E-state index >= 15 is 0 Å². The highest BCUT2D eigenvalue weighted by molar-refractivity contribution is 7.21. The molecule has 1 aromatic heterocycles. The zero-order valence-electron chi connectivity index (χ0n) is 12.2. The molecule has 0 bridgehead atoms. The second kappa shape index (κ2) is 5.48. The summed E-state index contributed by atoms with van der Waals surface area (Å²) in [7, 11) is 0. The number of hydrogen-bond donors (Lipinski definition) is 1. The molecule has 4 nitrogen and oxygen atoms in total. The molecular weight excluding hydrogens is 284 g/mol. The predicted octanol–water partition coefficient (Wildman–Crippen LogP) is 2.56. The van der Waals surface area contributed by atoms with E-state index in [0.29, 0.717) is 19.5 Å². The van der Waals surface area contributed by atoms with Crippen LogP contribution >= 0.6 is 11.3 Å². The zero-order chi connectivity index (χ0) is 15.0. The number of hydrogen-bond acceptors (Lipinski definition) is 3. The lowest BCUT2D eigenvalue weighted by Crippen LogP contribution is -2.56. The monoisotopic (exact) mass is 302 g/mol. The van der Waals surface area contributed by atoms with E-state index in [2.05, 4.69) is 5.32 Å². The summed E-state index contributed by atoms with van der Waals surface area (Å²) in [5.41, 5.74) is 1.02. The Labute approximate surface area is 127 Å². The molecule has 21 heavy (non-hydrogen) atoms. The number of fused-ring (bicyclic) bond motifs is 1. The van der Waals surface area contributed by atoms with E-state index in [9.17, 15) is 9.59 Å². The number of amides is 2. The molecular formula is C16H18N2O2S. The first kappa shape index (κ1) is 14.1. The van der Waals surface area contributed by atoms with E-state index in [1.807, 2.05) is 38.1 Å². The van der Waals surface area contributed by atoms with Crippen LogP contribution in [-0.4, -0.2) is 35.8 Å². The van der Waals surface area contributed by atoms with Gasteiger partial charge in [0.2, 0.25) is 5.91 Å². The van der Waals surface area contributed by atoms with Gasteiger partial charge in [-0.1, -0.05) is 25.1 Å². The number of nitrogens with zero attached hydrogens (tertiary/aromatic N) is 1. The maximum absolute atomic E-state index is 12.9. The van der Waals surface area contributed by atoms with Gasteiger partial charge in [0, 0.05) is 17.8 Å². The maximum atomic E-state index is 12.9. The van der Waals surface area contributed by atoms with Crippen LogP contribution in [0.1, 0.15) is 28.6 Å². The molecule has 1 N–H and O–H groups in total. The molecule has 1 saturated heterocycles. The molecule has 2 amide bonds. The van der Waals surface area contributed by atoms with Crippen LogP contribution in [0, 0.1) is 6.92 Å². The van der Waals surface area contributed by atoms with Gasteiger partial charge in [-0.15, -0.1) is 11.3 Å². The van der Waals surface area contributed by atoms with Gasteiger partial charge in [0.25, 0.3) is 5.91 Å². The predicted molar refractivity (Wildman–Crippen MR) is 84.7 cm³/mol. The zero-order valence-corrected chi connectivity index (χ0v) is 13.0. The number of carbonyl (C=O) groups excluding carboxylic acids is 2. The third kappa shape index (κ3) is 2.31. The molecule has 2 aromatic rings. The molecule has 1 aromatic carbocycles. The molecule has 5 heteroatoms. The highest BCUT2D eigenvalue weighted by Crippen LogP contribution is 2.32. The minimum atomic E-state index is -0.351. The fraction of sp³-hybridized carbons (Fsp3) is 0.375. The lowest BCUT2D eigenvalue weighted by atomic mass is 10.1. The number of piperazine rings is 1. The van der Waals surface area contributed by atoms with Gasteiger partial charge >= 0.3 is 0 Å². The Morgan fingerprint density at radius 2 is 2.19 bits per heavy atom. The molecule has 1 aliphatic heterocycles. The summed E-state index contributed by atoms with van der Waals surface area (Å²) < 4.78 is 1.12. The number of carbonyl (C=O) groups is 2. The lowest BCUT2D eigenvalue weighted by Gasteiger charge is -2.34. The normalized spacial score (nSPS) is 18.9. The van der Waals surface area contributed by atoms with E-state index in [-0.39, 0.29) is 17.9 Å². The molecule has 1 aliphatic rings. The number of rotatable bonds is 2. The Kier molecular flexibility index (Phi) is 3.68. The average Bonchev–Trinajstić information content (AvgIpc) is 2.84. The highest BCUT2D eigenvalue weighted by atomic mass is 32.1. The Hall–Kier alpha value is -1.88. The molecule has 1 unspecified atom stereocenters. The topological polar surface area (TPSA) is 49.4 Å². The van der Waals surface area contributed by atoms with Crippen LogP contribution in [0.5, 0.6) is 0 Å². The van der Waals surface area contributed by atoms with E-state index in [1.165, 1.54) is 11.3 Å². The van der Waals surface area contributed by atoms with Crippen LogP contribution < -0.4 is 5.32 Å². The third-order valence-corrected chi connectivity index (χ3v) is 5.28. The minimum absolute atomic E-state index is 0.0181. The second-order valence-corrected chi connectivity index (χ2v) is 6.32. The quantitative estimate of drug-likeness (QED) is 0.927. The summed E-state index contributed by atoms with van der Waals surface area (Å²) in [6, 6.07) is 7.69. The molecule has 0 aliphatic carbocycles. The van der Waals surface area contributed by atoms with E-state index < -0.39 is 0 Å². The Morgan fingerprint density at radius 1 is 1.43 bits per heavy atom. The largest absolute Gasteiger partial charge is 0.353 e. The van der Waals surface area contributed by atoms with Crippen LogP contribution in [0.4, 0.5) is 0 Å². The van der Waals surface area contributed by atoms with Crippen molar-refractivity contribution < 1.29 is 9.59 Å². The van der Waals surface area contributed by atoms with Gasteiger partial charge in [0.15, 0.2) is 0 Å². The van der Waals surface area contributed by atoms with E-state index in [4.69, 9.17) is 0 Å². The van der Waals surface area contributed by atoms with Gasteiger partial charge in [-0.05, 0) is 30.4 Å². The van der Waals surface area contributed by atoms with Crippen LogP contribution in [0.2, 0.25) is 0 Å². The molecule has 0 saturated carbocycles. The molecule has 2 heterocycles. The summed E-state index contributed by atoms with van der Waals surface area (Å²) in [4.78, 5) is 27.3. The van der Waals surface area contributed by atoms with Gasteiger partial charge in [-0.3, -0.25) is 9.59 Å². The van der Waals surface area contributed by atoms with E-state index in [0.717, 1.165) is 20.5 Å². The summed E-state index contributed by atoms with van der Waals surface area (Å²) >= 11 is 1.52. The fourth-order valence-electron chi connectivity index (χ4n) is 2.87. The van der Waals surface area contributed by atoms with Crippen LogP contribution in [0.15, 0.2) is 24.3 Å². The summed E-state index contributed by atoms with van der Waals surface area (Å²) in [5, 5.41) is 3.96. The lowest BCUT2D eigenvalue weighted by molar-refractivity contribution is -0.127. The van der Waals surface area contributed by atoms with Crippen molar-refractivity contribution in [3.63, 3.8) is 0 Å². The summed E-state index contributed by atoms with van der Waals surface area (Å²) in [6.07, 6.45) is 0.640. The van der Waals surface area contributed by atoms with Crippen LogP contribution in [0.25, 0.3) is 10.1 Å². The molecule has 1 atom stereocenters. The molecule has 0 spiro atoms. The third-order valence-electron chi connectivity index (χ3n) is 4.02. The second-order valence-electron chi connectivity index (χ2n) is 5.27. The molecule has 0 radical (unpaired) electrons. The number of thiophene rings is 1. The van der Waals surface area contributed by atoms with Crippen molar-refractivity contribution in [2.24, 2.45) is 0 Å². The number of nitrogens with one attached hydrogen (secondary N) is 1. The Morgan fingerprint density at radius 3 is 2.90 bits per heavy atom. The van der Waals surface area contributed by atoms with Gasteiger partial charge in [0.05, 0.1) is 4.88 Å². The van der Waals surface area contributed by atoms with Crippen molar-refractivity contribution >= 4 is 33.2 Å². The fourth-order valence-corrected chi connectivity index (χ4v) is 4.04. The minimum Gasteiger partial charge on any atom is -0.353 e. The summed E-state index contributed by atoms with van der Waals surface area (Å²) in [5.74, 6) is -0.0636. The van der Waals surface area contributed by atoms with Crippen molar-refractivity contribution in [1.82, 2.24) is 10.2 Å². The SMILES string of the molecule is CCC1C(=O)NCCN1C(=O)c1sc2ccccc2c1C. The average molecular weight is 302 g/mol. The van der Waals surface area contributed by atoms with Crippen molar-refractivity contribution in [3.05, 3.63) is 34.7 Å². The van der Waals surface area contributed by atoms with Gasteiger partial charge in [-0.2, -0.15) is 0 Å². The van der Waals surface area contributed by atoms with Gasteiger partial charge < -0.3 is 10.2 Å². The van der Waals surface area contributed by atoms with Crippen molar-refractivity contribution in [2.45, 2.75) is 26.3 Å². The van der Waals surface area contributed by atoms with Crippen LogP contribution in [-0.2, 0) is 4.79 Å². The molecule has 3 rings (SSSR count). The number of aryl methyl sites for hydroxylation is 1. The summed E-state index contributed by atoms with van der Waals surface area (Å²) in [6.45, 7) is 5.03. The first-order valence-corrected chi connectivity index (χ1v) is 8.02. The van der Waals surface area contributed by atoms with Crippen molar-refractivity contribution in [2.75, 3.05) is 13.1 Å². The van der Waals surface area contributed by atoms with Crippen molar-refractivity contribution in [1.29, 1.82) is 0 Å². The van der Waals surface area contributed by atoms with Crippen molar-refractivity contribution in [3.8, 4) is 0 Å². The Bertz CT molecular complexity index is 707.